The fraction of sp³-hybridized carbons (Fsp3) is 0.100. The Labute approximate surface area is 91.1 Å². The van der Waals surface area contributed by atoms with E-state index < -0.39 is 0 Å². The summed E-state index contributed by atoms with van der Waals surface area (Å²) >= 11 is 1.31. The Morgan fingerprint density at radius 1 is 1.40 bits per heavy atom. The zero-order valence-corrected chi connectivity index (χ0v) is 8.70. The van der Waals surface area contributed by atoms with E-state index in [4.69, 9.17) is 10.5 Å². The number of ether oxygens (including phenoxy) is 1. The molecule has 0 aliphatic carbocycles. The molecule has 0 saturated carbocycles. The molecule has 0 saturated heterocycles. The second kappa shape index (κ2) is 4.18. The largest absolute Gasteiger partial charge is 0.508 e. The van der Waals surface area contributed by atoms with E-state index in [2.05, 4.69) is 4.37 Å². The lowest BCUT2D eigenvalue weighted by Gasteiger charge is -2.03. The van der Waals surface area contributed by atoms with Gasteiger partial charge < -0.3 is 15.6 Å². The highest BCUT2D eigenvalue weighted by molar-refractivity contribution is 7.06. The molecule has 0 bridgehead atoms. The molecule has 2 rings (SSSR count). The van der Waals surface area contributed by atoms with Crippen molar-refractivity contribution in [3.63, 3.8) is 0 Å². The van der Waals surface area contributed by atoms with Gasteiger partial charge in [-0.1, -0.05) is 6.07 Å². The SMILES string of the molecule is Nc1cc(COc2cccc(O)c2)sn1. The van der Waals surface area contributed by atoms with Crippen molar-refractivity contribution in [2.45, 2.75) is 6.61 Å². The molecule has 0 aliphatic rings. The molecule has 0 atom stereocenters. The third kappa shape index (κ3) is 2.60. The van der Waals surface area contributed by atoms with Crippen molar-refractivity contribution < 1.29 is 9.84 Å². The van der Waals surface area contributed by atoms with Crippen LogP contribution < -0.4 is 10.5 Å². The molecule has 1 aromatic heterocycles. The topological polar surface area (TPSA) is 68.4 Å². The number of anilines is 1. The Morgan fingerprint density at radius 3 is 2.93 bits per heavy atom. The highest BCUT2D eigenvalue weighted by Crippen LogP contribution is 2.20. The van der Waals surface area contributed by atoms with Crippen LogP contribution in [0.15, 0.2) is 30.3 Å². The Morgan fingerprint density at radius 2 is 2.27 bits per heavy atom. The molecule has 0 spiro atoms. The number of benzene rings is 1. The maximum absolute atomic E-state index is 9.20. The number of rotatable bonds is 3. The van der Waals surface area contributed by atoms with Crippen molar-refractivity contribution in [2.75, 3.05) is 5.73 Å². The van der Waals surface area contributed by atoms with E-state index in [0.29, 0.717) is 18.2 Å². The van der Waals surface area contributed by atoms with Crippen LogP contribution in [0.4, 0.5) is 5.82 Å². The first-order valence-corrected chi connectivity index (χ1v) is 5.14. The minimum Gasteiger partial charge on any atom is -0.508 e. The molecular weight excluding hydrogens is 212 g/mol. The minimum atomic E-state index is 0.191. The van der Waals surface area contributed by atoms with Crippen LogP contribution in [0.1, 0.15) is 4.88 Å². The van der Waals surface area contributed by atoms with Gasteiger partial charge >= 0.3 is 0 Å². The number of hydrogen-bond acceptors (Lipinski definition) is 5. The van der Waals surface area contributed by atoms with Crippen molar-refractivity contribution >= 4 is 17.4 Å². The smallest absolute Gasteiger partial charge is 0.137 e. The van der Waals surface area contributed by atoms with E-state index in [1.807, 2.05) is 0 Å². The second-order valence-corrected chi connectivity index (χ2v) is 3.89. The van der Waals surface area contributed by atoms with E-state index in [0.717, 1.165) is 4.88 Å². The monoisotopic (exact) mass is 222 g/mol. The van der Waals surface area contributed by atoms with Crippen molar-refractivity contribution in [1.29, 1.82) is 0 Å². The number of aromatic nitrogens is 1. The van der Waals surface area contributed by atoms with E-state index >= 15 is 0 Å². The van der Waals surface area contributed by atoms with Gasteiger partial charge in [-0.3, -0.25) is 0 Å². The highest BCUT2D eigenvalue weighted by atomic mass is 32.1. The fourth-order valence-corrected chi connectivity index (χ4v) is 1.69. The Balaban J connectivity index is 1.99. The zero-order chi connectivity index (χ0) is 10.7. The molecule has 1 heterocycles. The average Bonchev–Trinajstić information content (AvgIpc) is 2.62. The summed E-state index contributed by atoms with van der Waals surface area (Å²) in [7, 11) is 0. The number of nitrogens with two attached hydrogens (primary N) is 1. The summed E-state index contributed by atoms with van der Waals surface area (Å²) < 4.78 is 9.38. The van der Waals surface area contributed by atoms with Gasteiger partial charge in [0.15, 0.2) is 0 Å². The number of nitrogen functional groups attached to an aromatic ring is 1. The fourth-order valence-electron chi connectivity index (χ4n) is 1.12. The van der Waals surface area contributed by atoms with Crippen molar-refractivity contribution in [2.24, 2.45) is 0 Å². The predicted molar refractivity (Wildman–Crippen MR) is 59.0 cm³/mol. The lowest BCUT2D eigenvalue weighted by molar-refractivity contribution is 0.308. The molecule has 0 aliphatic heterocycles. The molecule has 0 unspecified atom stereocenters. The molecule has 4 nitrogen and oxygen atoms in total. The van der Waals surface area contributed by atoms with Gasteiger partial charge in [0.1, 0.15) is 23.9 Å². The van der Waals surface area contributed by atoms with Gasteiger partial charge in [-0.15, -0.1) is 0 Å². The number of nitrogens with zero attached hydrogens (tertiary/aromatic N) is 1. The molecule has 78 valence electrons. The van der Waals surface area contributed by atoms with Crippen LogP contribution in [-0.2, 0) is 6.61 Å². The summed E-state index contributed by atoms with van der Waals surface area (Å²) in [4.78, 5) is 0.954. The third-order valence-corrected chi connectivity index (χ3v) is 2.55. The summed E-state index contributed by atoms with van der Waals surface area (Å²) in [5, 5.41) is 9.20. The van der Waals surface area contributed by atoms with Gasteiger partial charge in [0.25, 0.3) is 0 Å². The number of phenolic OH excluding ortho intramolecular Hbond substituents is 1. The summed E-state index contributed by atoms with van der Waals surface area (Å²) in [6.07, 6.45) is 0. The number of aromatic hydroxyl groups is 1. The molecule has 0 amide bonds. The molecule has 1 aromatic carbocycles. The molecule has 0 fully saturated rings. The van der Waals surface area contributed by atoms with Crippen molar-refractivity contribution in [3.8, 4) is 11.5 Å². The third-order valence-electron chi connectivity index (χ3n) is 1.78. The lowest BCUT2D eigenvalue weighted by Crippen LogP contribution is -1.92. The van der Waals surface area contributed by atoms with Gasteiger partial charge in [0.2, 0.25) is 0 Å². The molecule has 15 heavy (non-hydrogen) atoms. The molecule has 2 aromatic rings. The first-order chi connectivity index (χ1) is 7.24. The van der Waals surface area contributed by atoms with E-state index in [1.54, 1.807) is 30.3 Å². The second-order valence-electron chi connectivity index (χ2n) is 3.00. The lowest BCUT2D eigenvalue weighted by atomic mass is 10.3. The van der Waals surface area contributed by atoms with Crippen molar-refractivity contribution in [1.82, 2.24) is 4.37 Å². The molecular formula is C10H10N2O2S. The van der Waals surface area contributed by atoms with Crippen LogP contribution >= 0.6 is 11.5 Å². The van der Waals surface area contributed by atoms with E-state index in [9.17, 15) is 5.11 Å². The Bertz CT molecular complexity index is 456. The van der Waals surface area contributed by atoms with Crippen LogP contribution in [0.3, 0.4) is 0 Å². The van der Waals surface area contributed by atoms with Crippen LogP contribution in [0.5, 0.6) is 11.5 Å². The van der Waals surface area contributed by atoms with Gasteiger partial charge in [-0.25, -0.2) is 0 Å². The Kier molecular flexibility index (Phi) is 2.73. The van der Waals surface area contributed by atoms with Gasteiger partial charge in [-0.2, -0.15) is 4.37 Å². The maximum Gasteiger partial charge on any atom is 0.137 e. The molecule has 0 radical (unpaired) electrons. The Hall–Kier alpha value is -1.75. The van der Waals surface area contributed by atoms with Crippen LogP contribution in [0, 0.1) is 0 Å². The average molecular weight is 222 g/mol. The first-order valence-electron chi connectivity index (χ1n) is 4.37. The molecule has 3 N–H and O–H groups in total. The number of phenols is 1. The summed E-state index contributed by atoms with van der Waals surface area (Å²) in [6, 6.07) is 8.44. The maximum atomic E-state index is 9.20. The standard InChI is InChI=1S/C10H10N2O2S/c11-10-5-9(15-12-10)6-14-8-3-1-2-7(13)4-8/h1-5,13H,6H2,(H2,11,12). The van der Waals surface area contributed by atoms with Gasteiger partial charge in [-0.05, 0) is 29.7 Å². The van der Waals surface area contributed by atoms with Crippen LogP contribution in [0.2, 0.25) is 0 Å². The summed E-state index contributed by atoms with van der Waals surface area (Å²) in [5.41, 5.74) is 5.48. The summed E-state index contributed by atoms with van der Waals surface area (Å²) in [5.74, 6) is 1.33. The normalized spacial score (nSPS) is 10.1. The van der Waals surface area contributed by atoms with Gasteiger partial charge in [0.05, 0.1) is 4.88 Å². The van der Waals surface area contributed by atoms with Crippen LogP contribution in [-0.4, -0.2) is 9.48 Å². The van der Waals surface area contributed by atoms with E-state index in [-0.39, 0.29) is 5.75 Å². The zero-order valence-electron chi connectivity index (χ0n) is 7.88. The van der Waals surface area contributed by atoms with Gasteiger partial charge in [0, 0.05) is 6.07 Å². The first kappa shape index (κ1) is 9.79. The van der Waals surface area contributed by atoms with E-state index in [1.165, 1.54) is 11.5 Å². The van der Waals surface area contributed by atoms with Crippen molar-refractivity contribution in [3.05, 3.63) is 35.2 Å². The quantitative estimate of drug-likeness (QED) is 0.833. The number of hydrogen-bond donors (Lipinski definition) is 2. The van der Waals surface area contributed by atoms with Crippen LogP contribution in [0.25, 0.3) is 0 Å². The highest BCUT2D eigenvalue weighted by Gasteiger charge is 2.00. The predicted octanol–water partition coefficient (Wildman–Crippen LogP) is 2.01. The summed E-state index contributed by atoms with van der Waals surface area (Å²) in [6.45, 7) is 0.415. The molecule has 5 heteroatoms. The minimum absolute atomic E-state index is 0.191.